The minimum Gasteiger partial charge on any atom is -0.349 e. The first-order chi connectivity index (χ1) is 10.9. The summed E-state index contributed by atoms with van der Waals surface area (Å²) in [6, 6.07) is 5.05. The molecule has 120 valence electrons. The van der Waals surface area contributed by atoms with Crippen molar-refractivity contribution in [2.45, 2.75) is 32.7 Å². The number of carbonyl (C=O) groups is 1. The van der Waals surface area contributed by atoms with Crippen molar-refractivity contribution in [2.24, 2.45) is 5.92 Å². The van der Waals surface area contributed by atoms with Gasteiger partial charge in [-0.25, -0.2) is 8.78 Å². The molecule has 1 amide bonds. The molecule has 0 radical (unpaired) electrons. The zero-order valence-corrected chi connectivity index (χ0v) is 13.1. The first kappa shape index (κ1) is 15.6. The van der Waals surface area contributed by atoms with Gasteiger partial charge in [0.05, 0.1) is 5.56 Å². The van der Waals surface area contributed by atoms with Crippen LogP contribution in [0.25, 0.3) is 11.1 Å². The minimum atomic E-state index is -0.656. The standard InChI is InChI=1S/C18H18F2N2O/c1-10(12-3-4-12)22-18(23)14-7-17(11(2)21-9-14)13-5-15(19)8-16(20)6-13/h5-10,12H,3-4H2,1-2H3,(H,22,23)/t10-/m0/s1. The van der Waals surface area contributed by atoms with Crippen LogP contribution in [-0.4, -0.2) is 16.9 Å². The van der Waals surface area contributed by atoms with E-state index in [1.807, 2.05) is 6.92 Å². The molecule has 1 aromatic carbocycles. The largest absolute Gasteiger partial charge is 0.349 e. The van der Waals surface area contributed by atoms with E-state index in [1.54, 1.807) is 13.0 Å². The van der Waals surface area contributed by atoms with Gasteiger partial charge in [-0.3, -0.25) is 9.78 Å². The lowest BCUT2D eigenvalue weighted by Crippen LogP contribution is -2.34. The van der Waals surface area contributed by atoms with Gasteiger partial charge in [-0.2, -0.15) is 0 Å². The molecular weight excluding hydrogens is 298 g/mol. The lowest BCUT2D eigenvalue weighted by molar-refractivity contribution is 0.0935. The lowest BCUT2D eigenvalue weighted by atomic mass is 10.0. The third-order valence-electron chi connectivity index (χ3n) is 4.21. The Morgan fingerprint density at radius 1 is 1.22 bits per heavy atom. The van der Waals surface area contributed by atoms with Crippen LogP contribution in [0.5, 0.6) is 0 Å². The van der Waals surface area contributed by atoms with Crippen LogP contribution in [0.2, 0.25) is 0 Å². The fourth-order valence-corrected chi connectivity index (χ4v) is 2.66. The molecule has 1 atom stereocenters. The van der Waals surface area contributed by atoms with Gasteiger partial charge in [0.2, 0.25) is 0 Å². The van der Waals surface area contributed by atoms with Crippen LogP contribution in [0, 0.1) is 24.5 Å². The molecule has 1 aliphatic rings. The van der Waals surface area contributed by atoms with Gasteiger partial charge in [0.15, 0.2) is 0 Å². The number of halogens is 2. The number of carbonyl (C=O) groups excluding carboxylic acids is 1. The van der Waals surface area contributed by atoms with Crippen molar-refractivity contribution in [2.75, 3.05) is 0 Å². The highest BCUT2D eigenvalue weighted by Gasteiger charge is 2.29. The second-order valence-corrected chi connectivity index (χ2v) is 6.11. The Balaban J connectivity index is 1.90. The van der Waals surface area contributed by atoms with E-state index in [9.17, 15) is 13.6 Å². The molecule has 1 N–H and O–H groups in total. The van der Waals surface area contributed by atoms with Gasteiger partial charge in [0.1, 0.15) is 11.6 Å². The molecule has 0 aliphatic heterocycles. The number of rotatable bonds is 4. The summed E-state index contributed by atoms with van der Waals surface area (Å²) >= 11 is 0. The summed E-state index contributed by atoms with van der Waals surface area (Å²) in [5.74, 6) is -0.975. The summed E-state index contributed by atoms with van der Waals surface area (Å²) in [6.45, 7) is 3.73. The maximum Gasteiger partial charge on any atom is 0.253 e. The Kier molecular flexibility index (Phi) is 4.11. The van der Waals surface area contributed by atoms with Crippen LogP contribution in [-0.2, 0) is 0 Å². The van der Waals surface area contributed by atoms with Crippen LogP contribution in [0.15, 0.2) is 30.5 Å². The van der Waals surface area contributed by atoms with Crippen molar-refractivity contribution in [3.8, 4) is 11.1 Å². The highest BCUT2D eigenvalue weighted by Crippen LogP contribution is 2.32. The quantitative estimate of drug-likeness (QED) is 0.930. The van der Waals surface area contributed by atoms with Crippen molar-refractivity contribution >= 4 is 5.91 Å². The molecule has 0 bridgehead atoms. The molecule has 23 heavy (non-hydrogen) atoms. The Labute approximate surface area is 133 Å². The monoisotopic (exact) mass is 316 g/mol. The molecule has 0 saturated heterocycles. The molecule has 5 heteroatoms. The van der Waals surface area contributed by atoms with Gasteiger partial charge in [-0.1, -0.05) is 0 Å². The van der Waals surface area contributed by atoms with Crippen LogP contribution < -0.4 is 5.32 Å². The van der Waals surface area contributed by atoms with Crippen molar-refractivity contribution in [1.82, 2.24) is 10.3 Å². The van der Waals surface area contributed by atoms with E-state index < -0.39 is 11.6 Å². The van der Waals surface area contributed by atoms with Crippen LogP contribution in [0.1, 0.15) is 35.8 Å². The molecule has 0 spiro atoms. The Hall–Kier alpha value is -2.30. The Bertz CT molecular complexity index is 736. The first-order valence-electron chi connectivity index (χ1n) is 7.68. The van der Waals surface area contributed by atoms with Gasteiger partial charge < -0.3 is 5.32 Å². The minimum absolute atomic E-state index is 0.124. The summed E-state index contributed by atoms with van der Waals surface area (Å²) in [6.07, 6.45) is 3.77. The number of benzene rings is 1. The number of hydrogen-bond donors (Lipinski definition) is 1. The molecule has 1 heterocycles. The maximum atomic E-state index is 13.4. The van der Waals surface area contributed by atoms with Crippen molar-refractivity contribution < 1.29 is 13.6 Å². The van der Waals surface area contributed by atoms with Gasteiger partial charge in [-0.15, -0.1) is 0 Å². The van der Waals surface area contributed by atoms with Gasteiger partial charge in [0, 0.05) is 29.6 Å². The van der Waals surface area contributed by atoms with E-state index >= 15 is 0 Å². The van der Waals surface area contributed by atoms with E-state index in [1.165, 1.54) is 18.3 Å². The topological polar surface area (TPSA) is 42.0 Å². The number of nitrogens with one attached hydrogen (secondary N) is 1. The van der Waals surface area contributed by atoms with E-state index in [0.29, 0.717) is 28.3 Å². The molecule has 1 aliphatic carbocycles. The molecular formula is C18H18F2N2O. The molecule has 3 rings (SSSR count). The summed E-state index contributed by atoms with van der Waals surface area (Å²) in [5.41, 5.74) is 1.93. The number of hydrogen-bond acceptors (Lipinski definition) is 2. The molecule has 2 aromatic rings. The fraction of sp³-hybridized carbons (Fsp3) is 0.333. The third kappa shape index (κ3) is 3.55. The SMILES string of the molecule is Cc1ncc(C(=O)N[C@@H](C)C2CC2)cc1-c1cc(F)cc(F)c1. The van der Waals surface area contributed by atoms with E-state index in [4.69, 9.17) is 0 Å². The average Bonchev–Trinajstić information content (AvgIpc) is 3.31. The number of amides is 1. The second-order valence-electron chi connectivity index (χ2n) is 6.11. The summed E-state index contributed by atoms with van der Waals surface area (Å²) in [7, 11) is 0. The van der Waals surface area contributed by atoms with Gasteiger partial charge in [0.25, 0.3) is 5.91 Å². The van der Waals surface area contributed by atoms with Crippen molar-refractivity contribution in [1.29, 1.82) is 0 Å². The summed E-state index contributed by atoms with van der Waals surface area (Å²) < 4.78 is 26.9. The van der Waals surface area contributed by atoms with Crippen LogP contribution in [0.4, 0.5) is 8.78 Å². The molecule has 1 saturated carbocycles. The third-order valence-corrected chi connectivity index (χ3v) is 4.21. The van der Waals surface area contributed by atoms with E-state index in [-0.39, 0.29) is 11.9 Å². The van der Waals surface area contributed by atoms with Crippen LogP contribution >= 0.6 is 0 Å². The average molecular weight is 316 g/mol. The van der Waals surface area contributed by atoms with E-state index in [2.05, 4.69) is 10.3 Å². The fourth-order valence-electron chi connectivity index (χ4n) is 2.66. The normalized spacial score (nSPS) is 15.3. The molecule has 0 unspecified atom stereocenters. The number of aryl methyl sites for hydroxylation is 1. The van der Waals surface area contributed by atoms with Crippen molar-refractivity contribution in [3.05, 3.63) is 53.4 Å². The highest BCUT2D eigenvalue weighted by molar-refractivity contribution is 5.95. The molecule has 3 nitrogen and oxygen atoms in total. The van der Waals surface area contributed by atoms with Crippen LogP contribution in [0.3, 0.4) is 0 Å². The maximum absolute atomic E-state index is 13.4. The number of aromatic nitrogens is 1. The number of nitrogens with zero attached hydrogens (tertiary/aromatic N) is 1. The summed E-state index contributed by atoms with van der Waals surface area (Å²) in [4.78, 5) is 16.5. The predicted molar refractivity (Wildman–Crippen MR) is 84.0 cm³/mol. The highest BCUT2D eigenvalue weighted by atomic mass is 19.1. The van der Waals surface area contributed by atoms with Crippen molar-refractivity contribution in [3.63, 3.8) is 0 Å². The smallest absolute Gasteiger partial charge is 0.253 e. The lowest BCUT2D eigenvalue weighted by Gasteiger charge is -2.14. The summed E-state index contributed by atoms with van der Waals surface area (Å²) in [5, 5.41) is 2.95. The predicted octanol–water partition coefficient (Wildman–Crippen LogP) is 3.86. The Morgan fingerprint density at radius 3 is 2.48 bits per heavy atom. The number of pyridine rings is 1. The first-order valence-corrected chi connectivity index (χ1v) is 7.68. The van der Waals surface area contributed by atoms with E-state index in [0.717, 1.165) is 18.9 Å². The zero-order chi connectivity index (χ0) is 16.6. The Morgan fingerprint density at radius 2 is 1.87 bits per heavy atom. The molecule has 1 fully saturated rings. The zero-order valence-electron chi connectivity index (χ0n) is 13.1. The second kappa shape index (κ2) is 6.07. The molecule has 1 aromatic heterocycles. The van der Waals surface area contributed by atoms with Gasteiger partial charge >= 0.3 is 0 Å². The van der Waals surface area contributed by atoms with Gasteiger partial charge in [-0.05, 0) is 56.4 Å².